The summed E-state index contributed by atoms with van der Waals surface area (Å²) in [4.78, 5) is 12.5. The van der Waals surface area contributed by atoms with Gasteiger partial charge in [-0.05, 0) is 25.5 Å². The molecule has 0 unspecified atom stereocenters. The van der Waals surface area contributed by atoms with E-state index in [4.69, 9.17) is 14.2 Å². The first-order valence-corrected chi connectivity index (χ1v) is 14.2. The third kappa shape index (κ3) is 5.99. The molecule has 0 amide bonds. The van der Waals surface area contributed by atoms with E-state index in [1.165, 1.54) is 37.2 Å². The molecule has 0 spiro atoms. The number of para-hydroxylation sites is 1. The lowest BCUT2D eigenvalue weighted by Crippen LogP contribution is -2.35. The summed E-state index contributed by atoms with van der Waals surface area (Å²) in [6, 6.07) is 5.17. The normalized spacial score (nSPS) is 13.2. The van der Waals surface area contributed by atoms with Crippen molar-refractivity contribution in [1.82, 2.24) is 29.7 Å². The Balaban J connectivity index is 1.84. The maximum absolute atomic E-state index is 13.9. The number of thiazole rings is 1. The lowest BCUT2D eigenvalue weighted by Gasteiger charge is -2.24. The van der Waals surface area contributed by atoms with Crippen LogP contribution in [0.4, 0.5) is 10.3 Å². The zero-order chi connectivity index (χ0) is 28.2. The number of rotatable bonds is 12. The molecule has 0 aliphatic heterocycles. The summed E-state index contributed by atoms with van der Waals surface area (Å²) in [7, 11) is 0.293. The fourth-order valence-corrected chi connectivity index (χ4v) is 6.42. The van der Waals surface area contributed by atoms with Crippen molar-refractivity contribution in [2.75, 3.05) is 32.7 Å². The Labute approximate surface area is 229 Å². The van der Waals surface area contributed by atoms with E-state index in [-0.39, 0.29) is 30.6 Å². The van der Waals surface area contributed by atoms with Crippen LogP contribution in [0.5, 0.6) is 11.5 Å². The molecule has 208 valence electrons. The van der Waals surface area contributed by atoms with Crippen molar-refractivity contribution < 1.29 is 27.0 Å². The van der Waals surface area contributed by atoms with Gasteiger partial charge in [-0.3, -0.25) is 9.29 Å². The molecule has 0 aliphatic rings. The molecule has 4 rings (SSSR count). The standard InChI is InChI=1S/C24H28FN7O5S2/c1-14-13-38-23(28-14)22-29-30-24(32(22)20-17(36-4)7-6-8-18(20)37-5)31-39(33,34)19(9-10-35-3)15(2)21-26-11-16(25)12-27-21/h6-8,11-13,15,19H,9-10H2,1-5H3,(H,30,31)/t15-,19-/m0/s1. The molecule has 3 heterocycles. The number of aromatic nitrogens is 6. The smallest absolute Gasteiger partial charge is 0.243 e. The van der Waals surface area contributed by atoms with Crippen LogP contribution in [0.15, 0.2) is 36.0 Å². The number of benzene rings is 1. The number of methoxy groups -OCH3 is 3. The average molecular weight is 578 g/mol. The van der Waals surface area contributed by atoms with Gasteiger partial charge in [-0.1, -0.05) is 13.0 Å². The lowest BCUT2D eigenvalue weighted by molar-refractivity contribution is 0.191. The Kier molecular flexibility index (Phi) is 8.72. The minimum absolute atomic E-state index is 0.102. The molecule has 0 radical (unpaired) electrons. The van der Waals surface area contributed by atoms with E-state index < -0.39 is 27.0 Å². The molecular formula is C24H28FN7O5S2. The van der Waals surface area contributed by atoms with Crippen LogP contribution < -0.4 is 14.2 Å². The van der Waals surface area contributed by atoms with Crippen LogP contribution >= 0.6 is 11.3 Å². The van der Waals surface area contributed by atoms with E-state index in [0.717, 1.165) is 18.1 Å². The predicted octanol–water partition coefficient (Wildman–Crippen LogP) is 3.60. The summed E-state index contributed by atoms with van der Waals surface area (Å²) in [5.74, 6) is -0.177. The number of anilines is 1. The van der Waals surface area contributed by atoms with Crippen LogP contribution in [0.2, 0.25) is 0 Å². The van der Waals surface area contributed by atoms with E-state index in [2.05, 4.69) is 29.9 Å². The molecule has 0 bridgehead atoms. The van der Waals surface area contributed by atoms with E-state index in [1.54, 1.807) is 25.1 Å². The number of aryl methyl sites for hydroxylation is 1. The van der Waals surface area contributed by atoms with Gasteiger partial charge in [-0.25, -0.2) is 27.8 Å². The summed E-state index contributed by atoms with van der Waals surface area (Å²) in [5.41, 5.74) is 1.16. The molecule has 0 aliphatic carbocycles. The highest BCUT2D eigenvalue weighted by atomic mass is 32.2. The fraction of sp³-hybridized carbons (Fsp3) is 0.375. The number of sulfonamides is 1. The Bertz CT molecular complexity index is 1500. The number of ether oxygens (including phenoxy) is 3. The van der Waals surface area contributed by atoms with Crippen molar-refractivity contribution in [3.63, 3.8) is 0 Å². The van der Waals surface area contributed by atoms with Crippen LogP contribution in [0.25, 0.3) is 16.5 Å². The van der Waals surface area contributed by atoms with Gasteiger partial charge in [0.1, 0.15) is 23.0 Å². The second-order valence-electron chi connectivity index (χ2n) is 8.50. The Hall–Kier alpha value is -3.69. The molecule has 2 atom stereocenters. The first-order valence-electron chi connectivity index (χ1n) is 11.8. The highest BCUT2D eigenvalue weighted by Crippen LogP contribution is 2.38. The summed E-state index contributed by atoms with van der Waals surface area (Å²) in [6.07, 6.45) is 2.11. The van der Waals surface area contributed by atoms with Crippen LogP contribution in [0.3, 0.4) is 0 Å². The second kappa shape index (κ2) is 12.0. The van der Waals surface area contributed by atoms with Gasteiger partial charge in [-0.2, -0.15) is 0 Å². The molecule has 3 aromatic heterocycles. The van der Waals surface area contributed by atoms with Gasteiger partial charge in [-0.15, -0.1) is 21.5 Å². The number of nitrogens with one attached hydrogen (secondary N) is 1. The minimum Gasteiger partial charge on any atom is -0.494 e. The monoisotopic (exact) mass is 577 g/mol. The van der Waals surface area contributed by atoms with Gasteiger partial charge in [0, 0.05) is 30.7 Å². The van der Waals surface area contributed by atoms with Gasteiger partial charge >= 0.3 is 0 Å². The summed E-state index contributed by atoms with van der Waals surface area (Å²) in [5, 5.41) is 9.77. The first kappa shape index (κ1) is 28.3. The average Bonchev–Trinajstić information content (AvgIpc) is 3.53. The molecule has 39 heavy (non-hydrogen) atoms. The number of hydrogen-bond donors (Lipinski definition) is 1. The van der Waals surface area contributed by atoms with Crippen LogP contribution in [0, 0.1) is 12.7 Å². The summed E-state index contributed by atoms with van der Waals surface area (Å²) < 4.78 is 61.6. The largest absolute Gasteiger partial charge is 0.494 e. The Morgan fingerprint density at radius 2 is 1.77 bits per heavy atom. The molecule has 0 fully saturated rings. The Morgan fingerprint density at radius 3 is 2.33 bits per heavy atom. The molecule has 1 N–H and O–H groups in total. The van der Waals surface area contributed by atoms with Crippen molar-refractivity contribution in [2.24, 2.45) is 0 Å². The quantitative estimate of drug-likeness (QED) is 0.265. The minimum atomic E-state index is -4.16. The van der Waals surface area contributed by atoms with Gasteiger partial charge in [0.2, 0.25) is 16.0 Å². The SMILES string of the molecule is COCC[C@@H]([C@H](C)c1ncc(F)cn1)S(=O)(=O)Nc1nnc(-c2nc(C)cs2)n1-c1c(OC)cccc1OC. The third-order valence-corrected chi connectivity index (χ3v) is 8.81. The van der Waals surface area contributed by atoms with Crippen LogP contribution in [-0.4, -0.2) is 71.3 Å². The summed E-state index contributed by atoms with van der Waals surface area (Å²) in [6.45, 7) is 3.64. The molecule has 1 aromatic carbocycles. The van der Waals surface area contributed by atoms with Crippen molar-refractivity contribution >= 4 is 27.3 Å². The van der Waals surface area contributed by atoms with Crippen molar-refractivity contribution in [1.29, 1.82) is 0 Å². The number of halogens is 1. The van der Waals surface area contributed by atoms with Crippen LogP contribution in [-0.2, 0) is 14.8 Å². The molecular weight excluding hydrogens is 549 g/mol. The maximum atomic E-state index is 13.9. The highest BCUT2D eigenvalue weighted by Gasteiger charge is 2.35. The van der Waals surface area contributed by atoms with E-state index in [0.29, 0.717) is 22.2 Å². The second-order valence-corrected chi connectivity index (χ2v) is 11.3. The lowest BCUT2D eigenvalue weighted by atomic mass is 10.0. The highest BCUT2D eigenvalue weighted by molar-refractivity contribution is 7.93. The topological polar surface area (TPSA) is 143 Å². The van der Waals surface area contributed by atoms with Gasteiger partial charge in [0.15, 0.2) is 16.6 Å². The first-order chi connectivity index (χ1) is 18.7. The van der Waals surface area contributed by atoms with Crippen molar-refractivity contribution in [2.45, 2.75) is 31.4 Å². The van der Waals surface area contributed by atoms with Gasteiger partial charge in [0.25, 0.3) is 0 Å². The zero-order valence-electron chi connectivity index (χ0n) is 22.0. The van der Waals surface area contributed by atoms with Crippen molar-refractivity contribution in [3.8, 4) is 28.0 Å². The molecule has 15 heteroatoms. The van der Waals surface area contributed by atoms with E-state index >= 15 is 0 Å². The van der Waals surface area contributed by atoms with E-state index in [1.807, 2.05) is 12.3 Å². The predicted molar refractivity (Wildman–Crippen MR) is 144 cm³/mol. The van der Waals surface area contributed by atoms with Gasteiger partial charge in [0.05, 0.1) is 31.9 Å². The van der Waals surface area contributed by atoms with Gasteiger partial charge < -0.3 is 14.2 Å². The fourth-order valence-electron chi connectivity index (χ4n) is 4.04. The molecule has 0 saturated heterocycles. The molecule has 0 saturated carbocycles. The Morgan fingerprint density at radius 1 is 1.10 bits per heavy atom. The maximum Gasteiger partial charge on any atom is 0.243 e. The zero-order valence-corrected chi connectivity index (χ0v) is 23.6. The summed E-state index contributed by atoms with van der Waals surface area (Å²) >= 11 is 1.33. The molecule has 4 aromatic rings. The van der Waals surface area contributed by atoms with Crippen LogP contribution in [0.1, 0.15) is 30.8 Å². The molecule has 12 nitrogen and oxygen atoms in total. The number of nitrogens with zero attached hydrogens (tertiary/aromatic N) is 6. The van der Waals surface area contributed by atoms with Crippen molar-refractivity contribution in [3.05, 3.63) is 53.3 Å². The van der Waals surface area contributed by atoms with E-state index in [9.17, 15) is 12.8 Å². The number of hydrogen-bond acceptors (Lipinski definition) is 11. The third-order valence-electron chi connectivity index (χ3n) is 5.94.